The van der Waals surface area contributed by atoms with Crippen molar-refractivity contribution in [2.45, 2.75) is 32.2 Å². The fourth-order valence-corrected chi connectivity index (χ4v) is 3.22. The van der Waals surface area contributed by atoms with Crippen LogP contribution in [0.1, 0.15) is 36.0 Å². The number of amides is 1. The van der Waals surface area contributed by atoms with Gasteiger partial charge in [-0.25, -0.2) is 0 Å². The second-order valence-electron chi connectivity index (χ2n) is 7.17. The Balaban J connectivity index is 1.59. The second kappa shape index (κ2) is 9.75. The number of hydrogen-bond donors (Lipinski definition) is 1. The molecule has 1 atom stereocenters. The van der Waals surface area contributed by atoms with Gasteiger partial charge in [0.2, 0.25) is 5.91 Å². The maximum Gasteiger partial charge on any atom is 0.221 e. The lowest BCUT2D eigenvalue weighted by Crippen LogP contribution is -2.37. The number of benzene rings is 3. The van der Waals surface area contributed by atoms with E-state index in [0.29, 0.717) is 13.0 Å². The summed E-state index contributed by atoms with van der Waals surface area (Å²) in [6.45, 7) is 4.45. The summed E-state index contributed by atoms with van der Waals surface area (Å²) in [7, 11) is 0. The topological polar surface area (TPSA) is 38.3 Å². The predicted molar refractivity (Wildman–Crippen MR) is 114 cm³/mol. The van der Waals surface area contributed by atoms with E-state index in [4.69, 9.17) is 4.74 Å². The van der Waals surface area contributed by atoms with Gasteiger partial charge >= 0.3 is 0 Å². The Morgan fingerprint density at radius 2 is 1.39 bits per heavy atom. The number of hydrogen-bond acceptors (Lipinski definition) is 2. The summed E-state index contributed by atoms with van der Waals surface area (Å²) in [6.07, 6.45) is 0.406. The lowest BCUT2D eigenvalue weighted by Gasteiger charge is -2.20. The van der Waals surface area contributed by atoms with Gasteiger partial charge in [0.05, 0.1) is 6.04 Å². The SMILES string of the molecule is Cc1ccc(OCC(C)NC(=O)CC(c2ccccc2)c2ccccc2)cc1. The fourth-order valence-electron chi connectivity index (χ4n) is 3.22. The molecule has 0 aliphatic rings. The van der Waals surface area contributed by atoms with Crippen LogP contribution in [0.15, 0.2) is 84.9 Å². The predicted octanol–water partition coefficient (Wildman–Crippen LogP) is 5.10. The molecule has 3 aromatic rings. The lowest BCUT2D eigenvalue weighted by molar-refractivity contribution is -0.122. The van der Waals surface area contributed by atoms with Crippen LogP contribution in [0.2, 0.25) is 0 Å². The van der Waals surface area contributed by atoms with Gasteiger partial charge in [0.15, 0.2) is 0 Å². The molecule has 3 heteroatoms. The van der Waals surface area contributed by atoms with E-state index in [1.165, 1.54) is 5.56 Å². The third-order valence-corrected chi connectivity index (χ3v) is 4.72. The number of rotatable bonds is 8. The molecular weight excluding hydrogens is 346 g/mol. The van der Waals surface area contributed by atoms with E-state index < -0.39 is 0 Å². The molecule has 1 unspecified atom stereocenters. The molecule has 0 radical (unpaired) electrons. The van der Waals surface area contributed by atoms with Crippen molar-refractivity contribution in [3.63, 3.8) is 0 Å². The van der Waals surface area contributed by atoms with E-state index in [0.717, 1.165) is 16.9 Å². The minimum Gasteiger partial charge on any atom is -0.491 e. The number of carbonyl (C=O) groups is 1. The van der Waals surface area contributed by atoms with Gasteiger partial charge in [-0.2, -0.15) is 0 Å². The zero-order chi connectivity index (χ0) is 19.8. The first-order chi connectivity index (χ1) is 13.6. The van der Waals surface area contributed by atoms with Crippen molar-refractivity contribution in [3.05, 3.63) is 102 Å². The van der Waals surface area contributed by atoms with Gasteiger partial charge in [0.1, 0.15) is 12.4 Å². The van der Waals surface area contributed by atoms with Crippen molar-refractivity contribution < 1.29 is 9.53 Å². The van der Waals surface area contributed by atoms with Gasteiger partial charge in [-0.3, -0.25) is 4.79 Å². The molecule has 0 aromatic heterocycles. The number of ether oxygens (including phenoxy) is 1. The Hall–Kier alpha value is -3.07. The maximum atomic E-state index is 12.7. The molecule has 0 saturated carbocycles. The van der Waals surface area contributed by atoms with E-state index in [-0.39, 0.29) is 17.9 Å². The molecule has 1 N–H and O–H groups in total. The number of carbonyl (C=O) groups excluding carboxylic acids is 1. The Kier molecular flexibility index (Phi) is 6.85. The van der Waals surface area contributed by atoms with E-state index >= 15 is 0 Å². The maximum absolute atomic E-state index is 12.7. The van der Waals surface area contributed by atoms with Gasteiger partial charge in [-0.1, -0.05) is 78.4 Å². The van der Waals surface area contributed by atoms with Gasteiger partial charge in [-0.15, -0.1) is 0 Å². The highest BCUT2D eigenvalue weighted by molar-refractivity contribution is 5.77. The summed E-state index contributed by atoms with van der Waals surface area (Å²) < 4.78 is 5.78. The third kappa shape index (κ3) is 5.71. The molecule has 3 rings (SSSR count). The van der Waals surface area contributed by atoms with Crippen molar-refractivity contribution in [1.82, 2.24) is 5.32 Å². The van der Waals surface area contributed by atoms with Crippen molar-refractivity contribution in [2.75, 3.05) is 6.61 Å². The van der Waals surface area contributed by atoms with Gasteiger partial charge in [0, 0.05) is 12.3 Å². The van der Waals surface area contributed by atoms with Crippen molar-refractivity contribution in [2.24, 2.45) is 0 Å². The summed E-state index contributed by atoms with van der Waals surface area (Å²) in [4.78, 5) is 12.7. The van der Waals surface area contributed by atoms with Crippen LogP contribution in [-0.4, -0.2) is 18.6 Å². The fraction of sp³-hybridized carbons (Fsp3) is 0.240. The highest BCUT2D eigenvalue weighted by atomic mass is 16.5. The average molecular weight is 373 g/mol. The molecule has 0 aliphatic heterocycles. The standard InChI is InChI=1S/C25H27NO2/c1-19-13-15-23(16-14-19)28-18-20(2)26-25(27)17-24(21-9-5-3-6-10-21)22-11-7-4-8-12-22/h3-16,20,24H,17-18H2,1-2H3,(H,26,27). The Labute approximate surface area is 167 Å². The van der Waals surface area contributed by atoms with Gasteiger partial charge in [-0.05, 0) is 37.1 Å². The van der Waals surface area contributed by atoms with E-state index in [9.17, 15) is 4.79 Å². The molecule has 3 nitrogen and oxygen atoms in total. The van der Waals surface area contributed by atoms with E-state index in [2.05, 4.69) is 29.6 Å². The Bertz CT molecular complexity index is 821. The third-order valence-electron chi connectivity index (χ3n) is 4.72. The van der Waals surface area contributed by atoms with Crippen LogP contribution in [0.25, 0.3) is 0 Å². The summed E-state index contributed by atoms with van der Waals surface area (Å²) >= 11 is 0. The molecule has 1 amide bonds. The number of aryl methyl sites for hydroxylation is 1. The summed E-state index contributed by atoms with van der Waals surface area (Å²) in [5.74, 6) is 0.878. The monoisotopic (exact) mass is 373 g/mol. The summed E-state index contributed by atoms with van der Waals surface area (Å²) in [6, 6.07) is 28.2. The van der Waals surface area contributed by atoms with Gasteiger partial charge < -0.3 is 10.1 Å². The molecule has 3 aromatic carbocycles. The molecule has 0 spiro atoms. The average Bonchev–Trinajstić information content (AvgIpc) is 2.73. The second-order valence-corrected chi connectivity index (χ2v) is 7.17. The van der Waals surface area contributed by atoms with Crippen molar-refractivity contribution in [3.8, 4) is 5.75 Å². The Morgan fingerprint density at radius 3 is 1.93 bits per heavy atom. The molecule has 0 aliphatic carbocycles. The van der Waals surface area contributed by atoms with E-state index in [1.807, 2.05) is 74.5 Å². The van der Waals surface area contributed by atoms with Crippen LogP contribution in [0, 0.1) is 6.92 Å². The quantitative estimate of drug-likeness (QED) is 0.596. The van der Waals surface area contributed by atoms with Crippen molar-refractivity contribution in [1.29, 1.82) is 0 Å². The van der Waals surface area contributed by atoms with Crippen molar-refractivity contribution >= 4 is 5.91 Å². The first-order valence-corrected chi connectivity index (χ1v) is 9.70. The Morgan fingerprint density at radius 1 is 0.857 bits per heavy atom. The molecule has 28 heavy (non-hydrogen) atoms. The van der Waals surface area contributed by atoms with Gasteiger partial charge in [0.25, 0.3) is 0 Å². The highest BCUT2D eigenvalue weighted by Gasteiger charge is 2.19. The molecular formula is C25H27NO2. The summed E-state index contributed by atoms with van der Waals surface area (Å²) in [5, 5.41) is 3.07. The molecule has 0 saturated heterocycles. The molecule has 0 fully saturated rings. The minimum absolute atomic E-state index is 0.0257. The largest absolute Gasteiger partial charge is 0.491 e. The lowest BCUT2D eigenvalue weighted by atomic mass is 9.88. The van der Waals surface area contributed by atoms with Crippen LogP contribution >= 0.6 is 0 Å². The van der Waals surface area contributed by atoms with E-state index in [1.54, 1.807) is 0 Å². The molecule has 0 heterocycles. The zero-order valence-electron chi connectivity index (χ0n) is 16.5. The molecule has 0 bridgehead atoms. The smallest absolute Gasteiger partial charge is 0.221 e. The number of nitrogens with one attached hydrogen (secondary N) is 1. The van der Waals surface area contributed by atoms with Crippen LogP contribution in [0.5, 0.6) is 5.75 Å². The zero-order valence-corrected chi connectivity index (χ0v) is 16.5. The first kappa shape index (κ1) is 19.7. The molecule has 144 valence electrons. The minimum atomic E-state index is -0.0685. The normalized spacial score (nSPS) is 11.8. The van der Waals surface area contributed by atoms with Crippen LogP contribution in [0.3, 0.4) is 0 Å². The first-order valence-electron chi connectivity index (χ1n) is 9.70. The van der Waals surface area contributed by atoms with Crippen LogP contribution < -0.4 is 10.1 Å². The highest BCUT2D eigenvalue weighted by Crippen LogP contribution is 2.27. The summed E-state index contributed by atoms with van der Waals surface area (Å²) in [5.41, 5.74) is 3.49. The van der Waals surface area contributed by atoms with Crippen LogP contribution in [-0.2, 0) is 4.79 Å². The van der Waals surface area contributed by atoms with Crippen LogP contribution in [0.4, 0.5) is 0 Å².